The van der Waals surface area contributed by atoms with E-state index >= 15 is 0 Å². The standard InChI is InChI=1S/C23H22ClN3O3/c24-19-8-6-18(7-9-19)15-26(20-10-11-20)22(29)16-27-21(28)12-13-25(23(27)30)14-17-4-2-1-3-5-17/h1-9,12-13,20H,10-11,14-16H2. The number of hydrogen-bond acceptors (Lipinski definition) is 3. The van der Waals surface area contributed by atoms with Crippen LogP contribution in [0.5, 0.6) is 0 Å². The molecule has 4 rings (SSSR count). The lowest BCUT2D eigenvalue weighted by Gasteiger charge is -2.23. The van der Waals surface area contributed by atoms with E-state index in [9.17, 15) is 14.4 Å². The second-order valence-electron chi connectivity index (χ2n) is 7.52. The maximum absolute atomic E-state index is 13.0. The fourth-order valence-corrected chi connectivity index (χ4v) is 3.55. The Bertz CT molecular complexity index is 1150. The SMILES string of the molecule is O=C(Cn1c(=O)ccn(Cc2ccccc2)c1=O)N(Cc1ccc(Cl)cc1)C1CC1. The van der Waals surface area contributed by atoms with E-state index in [1.54, 1.807) is 17.0 Å². The van der Waals surface area contributed by atoms with Crippen molar-refractivity contribution in [1.82, 2.24) is 14.0 Å². The maximum atomic E-state index is 13.0. The van der Waals surface area contributed by atoms with Crippen LogP contribution in [0.4, 0.5) is 0 Å². The Balaban J connectivity index is 1.55. The van der Waals surface area contributed by atoms with E-state index in [0.29, 0.717) is 18.1 Å². The summed E-state index contributed by atoms with van der Waals surface area (Å²) in [7, 11) is 0. The highest BCUT2D eigenvalue weighted by Crippen LogP contribution is 2.28. The Morgan fingerprint density at radius 1 is 0.967 bits per heavy atom. The smallest absolute Gasteiger partial charge is 0.331 e. The van der Waals surface area contributed by atoms with E-state index in [0.717, 1.165) is 28.5 Å². The van der Waals surface area contributed by atoms with Crippen LogP contribution < -0.4 is 11.2 Å². The van der Waals surface area contributed by atoms with Gasteiger partial charge in [0.1, 0.15) is 6.54 Å². The molecule has 1 aromatic heterocycles. The molecule has 154 valence electrons. The van der Waals surface area contributed by atoms with Gasteiger partial charge in [-0.25, -0.2) is 4.79 Å². The Kier molecular flexibility index (Phi) is 5.86. The first kappa shape index (κ1) is 20.2. The van der Waals surface area contributed by atoms with Crippen LogP contribution in [0, 0.1) is 0 Å². The minimum Gasteiger partial charge on any atom is -0.334 e. The van der Waals surface area contributed by atoms with Crippen molar-refractivity contribution in [3.63, 3.8) is 0 Å². The van der Waals surface area contributed by atoms with Gasteiger partial charge in [0, 0.05) is 29.9 Å². The number of aromatic nitrogens is 2. The van der Waals surface area contributed by atoms with Crippen molar-refractivity contribution >= 4 is 17.5 Å². The van der Waals surface area contributed by atoms with Gasteiger partial charge in [0.2, 0.25) is 5.91 Å². The molecular weight excluding hydrogens is 402 g/mol. The lowest BCUT2D eigenvalue weighted by molar-refractivity contribution is -0.133. The lowest BCUT2D eigenvalue weighted by atomic mass is 10.2. The predicted molar refractivity (Wildman–Crippen MR) is 116 cm³/mol. The fourth-order valence-electron chi connectivity index (χ4n) is 3.42. The highest BCUT2D eigenvalue weighted by molar-refractivity contribution is 6.30. The summed E-state index contributed by atoms with van der Waals surface area (Å²) in [6, 6.07) is 18.3. The molecule has 2 aromatic carbocycles. The van der Waals surface area contributed by atoms with Crippen LogP contribution in [0.25, 0.3) is 0 Å². The van der Waals surface area contributed by atoms with Gasteiger partial charge in [0.15, 0.2) is 0 Å². The summed E-state index contributed by atoms with van der Waals surface area (Å²) in [5.74, 6) is -0.232. The monoisotopic (exact) mass is 423 g/mol. The van der Waals surface area contributed by atoms with Gasteiger partial charge in [-0.2, -0.15) is 0 Å². The van der Waals surface area contributed by atoms with Gasteiger partial charge >= 0.3 is 5.69 Å². The van der Waals surface area contributed by atoms with E-state index < -0.39 is 11.2 Å². The third-order valence-electron chi connectivity index (χ3n) is 5.20. The molecule has 0 atom stereocenters. The fraction of sp³-hybridized carbons (Fsp3) is 0.261. The van der Waals surface area contributed by atoms with Gasteiger partial charge in [-0.3, -0.25) is 18.7 Å². The zero-order chi connectivity index (χ0) is 21.1. The van der Waals surface area contributed by atoms with Crippen molar-refractivity contribution in [1.29, 1.82) is 0 Å². The van der Waals surface area contributed by atoms with Crippen LogP contribution in [0.1, 0.15) is 24.0 Å². The number of benzene rings is 2. The average molecular weight is 424 g/mol. The molecule has 0 radical (unpaired) electrons. The number of hydrogen-bond donors (Lipinski definition) is 0. The average Bonchev–Trinajstić information content (AvgIpc) is 3.58. The topological polar surface area (TPSA) is 64.3 Å². The molecule has 0 spiro atoms. The number of carbonyl (C=O) groups is 1. The van der Waals surface area contributed by atoms with E-state index in [-0.39, 0.29) is 18.5 Å². The quantitative estimate of drug-likeness (QED) is 0.587. The minimum absolute atomic E-state index is 0.152. The number of amides is 1. The summed E-state index contributed by atoms with van der Waals surface area (Å²) in [6.45, 7) is 0.503. The Hall–Kier alpha value is -3.12. The van der Waals surface area contributed by atoms with Crippen molar-refractivity contribution in [3.8, 4) is 0 Å². The van der Waals surface area contributed by atoms with Gasteiger partial charge in [0.25, 0.3) is 5.56 Å². The van der Waals surface area contributed by atoms with E-state index in [2.05, 4.69) is 0 Å². The van der Waals surface area contributed by atoms with Gasteiger partial charge in [-0.1, -0.05) is 54.1 Å². The zero-order valence-corrected chi connectivity index (χ0v) is 17.2. The molecule has 0 saturated heterocycles. The highest BCUT2D eigenvalue weighted by atomic mass is 35.5. The molecule has 1 aliphatic carbocycles. The molecule has 3 aromatic rings. The molecule has 6 nitrogen and oxygen atoms in total. The summed E-state index contributed by atoms with van der Waals surface area (Å²) >= 11 is 5.94. The van der Waals surface area contributed by atoms with Crippen molar-refractivity contribution in [3.05, 3.63) is 104 Å². The predicted octanol–water partition coefficient (Wildman–Crippen LogP) is 2.90. The Morgan fingerprint density at radius 3 is 2.33 bits per heavy atom. The van der Waals surface area contributed by atoms with Crippen LogP contribution >= 0.6 is 11.6 Å². The zero-order valence-electron chi connectivity index (χ0n) is 16.4. The van der Waals surface area contributed by atoms with Crippen molar-refractivity contribution in [2.45, 2.75) is 38.5 Å². The number of carbonyl (C=O) groups excluding carboxylic acids is 1. The van der Waals surface area contributed by atoms with Gasteiger partial charge < -0.3 is 4.90 Å². The summed E-state index contributed by atoms with van der Waals surface area (Å²) in [5, 5.41) is 0.637. The summed E-state index contributed by atoms with van der Waals surface area (Å²) in [6.07, 6.45) is 3.34. The molecule has 1 aliphatic rings. The van der Waals surface area contributed by atoms with Crippen LogP contribution in [0.15, 0.2) is 76.4 Å². The van der Waals surface area contributed by atoms with Gasteiger partial charge in [0.05, 0.1) is 6.54 Å². The Morgan fingerprint density at radius 2 is 1.67 bits per heavy atom. The van der Waals surface area contributed by atoms with Crippen molar-refractivity contribution in [2.24, 2.45) is 0 Å². The molecule has 0 N–H and O–H groups in total. The van der Waals surface area contributed by atoms with Gasteiger partial charge in [-0.05, 0) is 36.1 Å². The molecule has 0 unspecified atom stereocenters. The largest absolute Gasteiger partial charge is 0.334 e. The molecule has 1 fully saturated rings. The van der Waals surface area contributed by atoms with E-state index in [1.165, 1.54) is 16.8 Å². The summed E-state index contributed by atoms with van der Waals surface area (Å²) in [5.41, 5.74) is 0.946. The summed E-state index contributed by atoms with van der Waals surface area (Å²) in [4.78, 5) is 40.0. The summed E-state index contributed by atoms with van der Waals surface area (Å²) < 4.78 is 2.47. The number of rotatable bonds is 7. The van der Waals surface area contributed by atoms with E-state index in [4.69, 9.17) is 11.6 Å². The van der Waals surface area contributed by atoms with Crippen LogP contribution in [0.2, 0.25) is 5.02 Å². The molecule has 30 heavy (non-hydrogen) atoms. The highest BCUT2D eigenvalue weighted by Gasteiger charge is 2.32. The molecule has 7 heteroatoms. The molecule has 1 heterocycles. The van der Waals surface area contributed by atoms with Crippen molar-refractivity contribution < 1.29 is 4.79 Å². The van der Waals surface area contributed by atoms with Crippen LogP contribution in [0.3, 0.4) is 0 Å². The van der Waals surface area contributed by atoms with Crippen LogP contribution in [-0.4, -0.2) is 26.0 Å². The first-order chi connectivity index (χ1) is 14.5. The third-order valence-corrected chi connectivity index (χ3v) is 5.45. The first-order valence-electron chi connectivity index (χ1n) is 9.89. The lowest BCUT2D eigenvalue weighted by Crippen LogP contribution is -2.44. The second kappa shape index (κ2) is 8.71. The molecule has 0 aliphatic heterocycles. The molecular formula is C23H22ClN3O3. The van der Waals surface area contributed by atoms with Crippen LogP contribution in [-0.2, 0) is 24.4 Å². The normalized spacial score (nSPS) is 13.2. The molecule has 0 bridgehead atoms. The van der Waals surface area contributed by atoms with Gasteiger partial charge in [-0.15, -0.1) is 0 Å². The molecule has 1 amide bonds. The number of nitrogens with zero attached hydrogens (tertiary/aromatic N) is 3. The third kappa shape index (κ3) is 4.71. The molecule has 1 saturated carbocycles. The van der Waals surface area contributed by atoms with E-state index in [1.807, 2.05) is 42.5 Å². The first-order valence-corrected chi connectivity index (χ1v) is 10.3. The second-order valence-corrected chi connectivity index (χ2v) is 7.95. The Labute approximate surface area is 179 Å². The maximum Gasteiger partial charge on any atom is 0.331 e. The number of halogens is 1. The minimum atomic E-state index is -0.484. The van der Waals surface area contributed by atoms with Crippen molar-refractivity contribution in [2.75, 3.05) is 0 Å².